The molecule has 35 heavy (non-hydrogen) atoms. The number of carbonyl (C=O) groups excluding carboxylic acids is 1. The van der Waals surface area contributed by atoms with Crippen molar-refractivity contribution in [2.75, 3.05) is 17.1 Å². The van der Waals surface area contributed by atoms with E-state index in [0.717, 1.165) is 24.9 Å². The summed E-state index contributed by atoms with van der Waals surface area (Å²) < 4.78 is 70.8. The maximum atomic E-state index is 12.8. The van der Waals surface area contributed by atoms with Crippen molar-refractivity contribution in [2.45, 2.75) is 11.1 Å². The van der Waals surface area contributed by atoms with Gasteiger partial charge >= 0.3 is 6.18 Å². The molecule has 3 aromatic heterocycles. The van der Waals surface area contributed by atoms with Gasteiger partial charge in [-0.1, -0.05) is 30.3 Å². The first-order valence-electron chi connectivity index (χ1n) is 9.58. The maximum absolute atomic E-state index is 12.8. The van der Waals surface area contributed by atoms with E-state index < -0.39 is 38.5 Å². The number of aromatic amines is 1. The number of pyridine rings is 1. The smallest absolute Gasteiger partial charge is 0.432 e. The first-order chi connectivity index (χ1) is 16.6. The number of rotatable bonds is 7. The summed E-state index contributed by atoms with van der Waals surface area (Å²) in [6.07, 6.45) is -3.58. The van der Waals surface area contributed by atoms with Crippen LogP contribution in [0, 0.1) is 0 Å². The van der Waals surface area contributed by atoms with Gasteiger partial charge in [-0.25, -0.2) is 18.4 Å². The van der Waals surface area contributed by atoms with Crippen LogP contribution in [-0.2, 0) is 16.2 Å². The number of nitrogens with zero attached hydrogens (tertiary/aromatic N) is 3. The third-order valence-electron chi connectivity index (χ3n) is 4.44. The summed E-state index contributed by atoms with van der Waals surface area (Å²) in [4.78, 5) is 20.3. The Balaban J connectivity index is 1.56. The minimum Gasteiger partial charge on any atom is -0.480 e. The Kier molecular flexibility index (Phi) is 6.45. The van der Waals surface area contributed by atoms with Crippen LogP contribution < -0.4 is 14.8 Å². The molecule has 0 unspecified atom stereocenters. The largest absolute Gasteiger partial charge is 0.480 e. The van der Waals surface area contributed by atoms with Crippen LogP contribution in [0.1, 0.15) is 16.2 Å². The van der Waals surface area contributed by atoms with Gasteiger partial charge in [0, 0.05) is 17.0 Å². The Hall–Kier alpha value is -3.98. The summed E-state index contributed by atoms with van der Waals surface area (Å²) in [6, 6.07) is 10.8. The molecular formula is C20H15F3N6O4S2. The molecule has 10 nitrogen and oxygen atoms in total. The molecule has 0 radical (unpaired) electrons. The summed E-state index contributed by atoms with van der Waals surface area (Å²) in [5.74, 6) is -1.55. The number of hydrogen-bond acceptors (Lipinski definition) is 8. The quantitative estimate of drug-likeness (QED) is 0.332. The van der Waals surface area contributed by atoms with Gasteiger partial charge in [0.2, 0.25) is 5.88 Å². The minimum atomic E-state index is -4.74. The van der Waals surface area contributed by atoms with Crippen molar-refractivity contribution in [2.24, 2.45) is 0 Å². The summed E-state index contributed by atoms with van der Waals surface area (Å²) >= 11 is 1.26. The molecule has 1 aromatic carbocycles. The molecule has 15 heteroatoms. The first-order valence-corrected chi connectivity index (χ1v) is 11.9. The monoisotopic (exact) mass is 524 g/mol. The van der Waals surface area contributed by atoms with E-state index in [-0.39, 0.29) is 17.3 Å². The van der Waals surface area contributed by atoms with Crippen molar-refractivity contribution in [3.8, 4) is 16.5 Å². The fourth-order valence-corrected chi connectivity index (χ4v) is 4.79. The van der Waals surface area contributed by atoms with E-state index in [9.17, 15) is 26.4 Å². The van der Waals surface area contributed by atoms with Crippen molar-refractivity contribution in [3.05, 3.63) is 65.4 Å². The Bertz CT molecular complexity index is 1470. The predicted octanol–water partition coefficient (Wildman–Crippen LogP) is 4.01. The topological polar surface area (TPSA) is 139 Å². The number of amides is 1. The van der Waals surface area contributed by atoms with Gasteiger partial charge in [-0.15, -0.1) is 11.3 Å². The van der Waals surface area contributed by atoms with Crippen LogP contribution >= 0.6 is 11.3 Å². The number of aromatic nitrogens is 4. The third-order valence-corrected chi connectivity index (χ3v) is 6.68. The number of H-pyrrole nitrogens is 1. The van der Waals surface area contributed by atoms with Gasteiger partial charge in [0.05, 0.1) is 19.0 Å². The van der Waals surface area contributed by atoms with Gasteiger partial charge in [-0.3, -0.25) is 14.6 Å². The van der Waals surface area contributed by atoms with Gasteiger partial charge in [-0.05, 0) is 6.07 Å². The number of methoxy groups -OCH3 is 1. The molecule has 0 bridgehead atoms. The lowest BCUT2D eigenvalue weighted by Gasteiger charge is -2.11. The van der Waals surface area contributed by atoms with Crippen LogP contribution in [0.5, 0.6) is 5.88 Å². The van der Waals surface area contributed by atoms with Gasteiger partial charge in [0.25, 0.3) is 15.9 Å². The maximum Gasteiger partial charge on any atom is 0.432 e. The van der Waals surface area contributed by atoms with Crippen LogP contribution in [0.4, 0.5) is 24.7 Å². The van der Waals surface area contributed by atoms with Crippen LogP contribution in [0.15, 0.2) is 58.9 Å². The number of alkyl halides is 3. The van der Waals surface area contributed by atoms with Crippen LogP contribution in [-0.4, -0.2) is 41.6 Å². The zero-order valence-corrected chi connectivity index (χ0v) is 19.3. The summed E-state index contributed by atoms with van der Waals surface area (Å²) in [5.41, 5.74) is -0.319. The summed E-state index contributed by atoms with van der Waals surface area (Å²) in [5, 5.41) is 9.68. The van der Waals surface area contributed by atoms with Crippen LogP contribution in [0.25, 0.3) is 10.6 Å². The summed E-state index contributed by atoms with van der Waals surface area (Å²) in [7, 11) is -3.33. The average molecular weight is 525 g/mol. The third kappa shape index (κ3) is 5.41. The van der Waals surface area contributed by atoms with E-state index in [1.165, 1.54) is 11.3 Å². The number of halogens is 3. The highest BCUT2D eigenvalue weighted by Crippen LogP contribution is 2.31. The van der Waals surface area contributed by atoms with E-state index in [2.05, 4.69) is 20.4 Å². The standard InChI is InChI=1S/C20H15F3N6O4S2/c1-33-18-14(35(31,32)29-16-8-15(27-28-16)20(21,22)23)7-12(9-24-18)25-17(30)13-10-34-19(26-13)11-5-3-2-4-6-11/h2-10H,1H3,(H,25,30)(H2,27,28,29). The SMILES string of the molecule is COc1ncc(NC(=O)c2csc(-c3ccccc3)n2)cc1S(=O)(=O)Nc1cc(C(F)(F)F)[nH]n1. The normalized spacial score (nSPS) is 11.8. The number of benzene rings is 1. The highest BCUT2D eigenvalue weighted by Gasteiger charge is 2.34. The number of nitrogens with one attached hydrogen (secondary N) is 3. The van der Waals surface area contributed by atoms with Crippen LogP contribution in [0.3, 0.4) is 0 Å². The molecule has 182 valence electrons. The number of hydrogen-bond donors (Lipinski definition) is 3. The zero-order valence-electron chi connectivity index (χ0n) is 17.6. The molecule has 0 fully saturated rings. The fraction of sp³-hybridized carbons (Fsp3) is 0.100. The molecular weight excluding hydrogens is 509 g/mol. The molecule has 0 saturated heterocycles. The Morgan fingerprint density at radius 1 is 1.17 bits per heavy atom. The Morgan fingerprint density at radius 2 is 1.91 bits per heavy atom. The fourth-order valence-electron chi connectivity index (χ4n) is 2.84. The molecule has 0 saturated carbocycles. The second-order valence-corrected chi connectivity index (χ2v) is 9.37. The molecule has 0 aliphatic carbocycles. The number of anilines is 2. The average Bonchev–Trinajstić information content (AvgIpc) is 3.49. The van der Waals surface area contributed by atoms with Crippen molar-refractivity contribution < 1.29 is 31.1 Å². The number of sulfonamides is 1. The minimum absolute atomic E-state index is 0.0107. The van der Waals surface area contributed by atoms with E-state index >= 15 is 0 Å². The van der Waals surface area contributed by atoms with Crippen LogP contribution in [0.2, 0.25) is 0 Å². The molecule has 0 aliphatic rings. The Labute approximate surface area is 200 Å². The lowest BCUT2D eigenvalue weighted by atomic mass is 10.2. The predicted molar refractivity (Wildman–Crippen MR) is 121 cm³/mol. The molecule has 0 spiro atoms. The molecule has 0 aliphatic heterocycles. The zero-order chi connectivity index (χ0) is 25.2. The van der Waals surface area contributed by atoms with Gasteiger partial charge in [0.1, 0.15) is 16.4 Å². The molecule has 3 N–H and O–H groups in total. The number of thiazole rings is 1. The van der Waals surface area contributed by atoms with Crippen molar-refractivity contribution in [3.63, 3.8) is 0 Å². The molecule has 0 atom stereocenters. The second-order valence-electron chi connectivity index (χ2n) is 6.86. The summed E-state index contributed by atoms with van der Waals surface area (Å²) in [6.45, 7) is 0. The highest BCUT2D eigenvalue weighted by molar-refractivity contribution is 7.92. The highest BCUT2D eigenvalue weighted by atomic mass is 32.2. The Morgan fingerprint density at radius 3 is 2.57 bits per heavy atom. The van der Waals surface area contributed by atoms with E-state index in [0.29, 0.717) is 11.1 Å². The first kappa shape index (κ1) is 24.2. The molecule has 4 aromatic rings. The van der Waals surface area contributed by atoms with Gasteiger partial charge in [-0.2, -0.15) is 18.3 Å². The molecule has 1 amide bonds. The van der Waals surface area contributed by atoms with Gasteiger partial charge < -0.3 is 10.1 Å². The van der Waals surface area contributed by atoms with E-state index in [1.54, 1.807) is 10.5 Å². The van der Waals surface area contributed by atoms with Crippen molar-refractivity contribution >= 4 is 38.8 Å². The molecule has 4 rings (SSSR count). The van der Waals surface area contributed by atoms with Gasteiger partial charge in [0.15, 0.2) is 10.7 Å². The van der Waals surface area contributed by atoms with E-state index in [1.807, 2.05) is 35.1 Å². The lowest BCUT2D eigenvalue weighted by molar-refractivity contribution is -0.141. The molecule has 3 heterocycles. The lowest BCUT2D eigenvalue weighted by Crippen LogP contribution is -2.17. The van der Waals surface area contributed by atoms with E-state index in [4.69, 9.17) is 4.74 Å². The number of ether oxygens (including phenoxy) is 1. The van der Waals surface area contributed by atoms with Crippen molar-refractivity contribution in [1.82, 2.24) is 20.2 Å². The second kappa shape index (κ2) is 9.34. The number of carbonyl (C=O) groups is 1. The van der Waals surface area contributed by atoms with Crippen molar-refractivity contribution in [1.29, 1.82) is 0 Å².